The van der Waals surface area contributed by atoms with E-state index in [0.29, 0.717) is 0 Å². The van der Waals surface area contributed by atoms with E-state index < -0.39 is 10.8 Å². The molecule has 0 amide bonds. The Morgan fingerprint density at radius 3 is 1.57 bits per heavy atom. The van der Waals surface area contributed by atoms with Gasteiger partial charge in [0.25, 0.3) is 0 Å². The second-order valence-electron chi connectivity index (χ2n) is 22.5. The highest BCUT2D eigenvalue weighted by molar-refractivity contribution is 7.25. The molecule has 0 saturated heterocycles. The minimum Gasteiger partial charge on any atom is -0.309 e. The number of nitrogens with zero attached hydrogens (tertiary/aromatic N) is 2. The molecular formula is C78H46N2S. The van der Waals surface area contributed by atoms with E-state index >= 15 is 0 Å². The Morgan fingerprint density at radius 2 is 0.815 bits per heavy atom. The number of benzene rings is 13. The van der Waals surface area contributed by atoms with Gasteiger partial charge in [0.2, 0.25) is 0 Å². The van der Waals surface area contributed by atoms with Gasteiger partial charge < -0.3 is 9.47 Å². The number of aromatic nitrogens is 1. The summed E-state index contributed by atoms with van der Waals surface area (Å²) >= 11 is 1.88. The number of thiophene rings is 1. The zero-order valence-electron chi connectivity index (χ0n) is 43.9. The first kappa shape index (κ1) is 43.9. The molecule has 4 aliphatic rings. The number of hydrogen-bond acceptors (Lipinski definition) is 2. The van der Waals surface area contributed by atoms with Crippen molar-refractivity contribution in [2.24, 2.45) is 0 Å². The van der Waals surface area contributed by atoms with E-state index in [4.69, 9.17) is 0 Å². The van der Waals surface area contributed by atoms with Crippen molar-refractivity contribution in [3.05, 3.63) is 324 Å². The SMILES string of the molecule is c1ccc2c(c1)-c1ccccc1C21c2ccccc2-c2c1cc(N(c1ccc(-c3ccc4c(c3)sc3ccccc34)cc1)c1cccc3c1-c1ccccc1C31c3ccccc3-n3c4ccccc4c4cccc1c43)c1ccccc21. The van der Waals surface area contributed by atoms with Gasteiger partial charge in [0.05, 0.1) is 38.9 Å². The summed E-state index contributed by atoms with van der Waals surface area (Å²) < 4.78 is 5.17. The van der Waals surface area contributed by atoms with E-state index in [0.717, 1.165) is 17.1 Å². The quantitative estimate of drug-likeness (QED) is 0.171. The van der Waals surface area contributed by atoms with Crippen LogP contribution in [-0.4, -0.2) is 4.57 Å². The summed E-state index contributed by atoms with van der Waals surface area (Å²) in [4.78, 5) is 2.63. The molecule has 374 valence electrons. The van der Waals surface area contributed by atoms with Crippen LogP contribution in [-0.2, 0) is 10.8 Å². The third kappa shape index (κ3) is 5.38. The van der Waals surface area contributed by atoms with Gasteiger partial charge in [-0.3, -0.25) is 0 Å². The maximum atomic E-state index is 2.63. The van der Waals surface area contributed by atoms with Crippen LogP contribution in [0.4, 0.5) is 17.1 Å². The lowest BCUT2D eigenvalue weighted by Crippen LogP contribution is -2.33. The van der Waals surface area contributed by atoms with Gasteiger partial charge in [-0.2, -0.15) is 0 Å². The normalized spacial score (nSPS) is 15.3. The third-order valence-electron chi connectivity index (χ3n) is 19.0. The minimum atomic E-state index is -0.619. The van der Waals surface area contributed by atoms with Gasteiger partial charge >= 0.3 is 0 Å². The Kier molecular flexibility index (Phi) is 8.57. The fraction of sp³-hybridized carbons (Fsp3) is 0.0256. The van der Waals surface area contributed by atoms with E-state index in [9.17, 15) is 0 Å². The maximum Gasteiger partial charge on any atom is 0.0755 e. The minimum absolute atomic E-state index is 0.545. The Morgan fingerprint density at radius 1 is 0.296 bits per heavy atom. The van der Waals surface area contributed by atoms with Crippen LogP contribution in [0, 0.1) is 0 Å². The molecule has 19 rings (SSSR count). The zero-order valence-corrected chi connectivity index (χ0v) is 44.7. The van der Waals surface area contributed by atoms with E-state index in [1.165, 1.54) is 147 Å². The smallest absolute Gasteiger partial charge is 0.0755 e. The summed E-state index contributed by atoms with van der Waals surface area (Å²) in [5.41, 5.74) is 26.6. The van der Waals surface area contributed by atoms with Crippen molar-refractivity contribution in [2.45, 2.75) is 10.8 Å². The van der Waals surface area contributed by atoms with Crippen molar-refractivity contribution in [3.63, 3.8) is 0 Å². The summed E-state index contributed by atoms with van der Waals surface area (Å²) in [6, 6.07) is 106. The Balaban J connectivity index is 0.918. The lowest BCUT2D eigenvalue weighted by molar-refractivity contribution is 0.748. The molecule has 0 radical (unpaired) electrons. The molecule has 15 aromatic rings. The molecule has 0 saturated carbocycles. The summed E-state index contributed by atoms with van der Waals surface area (Å²) in [7, 11) is 0. The van der Waals surface area contributed by atoms with Crippen molar-refractivity contribution >= 4 is 81.1 Å². The number of hydrogen-bond donors (Lipinski definition) is 0. The highest BCUT2D eigenvalue weighted by Gasteiger charge is 2.54. The Labute approximate surface area is 472 Å². The van der Waals surface area contributed by atoms with Crippen LogP contribution in [0.25, 0.3) is 103 Å². The lowest BCUT2D eigenvalue weighted by atomic mass is 9.65. The summed E-state index contributed by atoms with van der Waals surface area (Å²) in [6.07, 6.45) is 0. The number of rotatable bonds is 4. The number of para-hydroxylation sites is 3. The average Bonchev–Trinajstić information content (AvgIpc) is 2.13. The van der Waals surface area contributed by atoms with Crippen LogP contribution >= 0.6 is 11.3 Å². The van der Waals surface area contributed by atoms with Crippen molar-refractivity contribution in [1.82, 2.24) is 4.57 Å². The van der Waals surface area contributed by atoms with E-state index in [1.807, 2.05) is 11.3 Å². The molecule has 13 aromatic carbocycles. The first-order valence-electron chi connectivity index (χ1n) is 28.2. The molecule has 2 spiro atoms. The number of fused-ring (bicyclic) bond motifs is 27. The van der Waals surface area contributed by atoms with Crippen molar-refractivity contribution in [2.75, 3.05) is 4.90 Å². The van der Waals surface area contributed by atoms with Crippen molar-refractivity contribution in [3.8, 4) is 50.2 Å². The molecule has 0 N–H and O–H groups in total. The van der Waals surface area contributed by atoms with E-state index in [2.05, 4.69) is 289 Å². The molecule has 1 atom stereocenters. The van der Waals surface area contributed by atoms with Gasteiger partial charge in [0.15, 0.2) is 0 Å². The van der Waals surface area contributed by atoms with Crippen LogP contribution in [0.15, 0.2) is 279 Å². The third-order valence-corrected chi connectivity index (χ3v) is 20.1. The molecule has 3 aliphatic carbocycles. The van der Waals surface area contributed by atoms with Gasteiger partial charge in [0, 0.05) is 47.6 Å². The molecule has 0 bridgehead atoms. The van der Waals surface area contributed by atoms with Crippen molar-refractivity contribution < 1.29 is 0 Å². The molecule has 2 nitrogen and oxygen atoms in total. The largest absolute Gasteiger partial charge is 0.309 e. The predicted molar refractivity (Wildman–Crippen MR) is 338 cm³/mol. The molecule has 0 fully saturated rings. The fourth-order valence-corrected chi connectivity index (χ4v) is 17.2. The molecule has 1 unspecified atom stereocenters. The molecular weight excluding hydrogens is 997 g/mol. The zero-order chi connectivity index (χ0) is 52.7. The van der Waals surface area contributed by atoms with E-state index in [-0.39, 0.29) is 0 Å². The molecule has 1 aliphatic heterocycles. The molecule has 81 heavy (non-hydrogen) atoms. The summed E-state index contributed by atoms with van der Waals surface area (Å²) in [6.45, 7) is 0. The fourth-order valence-electron chi connectivity index (χ4n) is 16.0. The first-order chi connectivity index (χ1) is 40.2. The van der Waals surface area contributed by atoms with Crippen LogP contribution in [0.1, 0.15) is 44.5 Å². The van der Waals surface area contributed by atoms with Crippen LogP contribution in [0.5, 0.6) is 0 Å². The predicted octanol–water partition coefficient (Wildman–Crippen LogP) is 20.5. The lowest BCUT2D eigenvalue weighted by Gasteiger charge is -2.39. The van der Waals surface area contributed by atoms with Crippen LogP contribution < -0.4 is 4.90 Å². The highest BCUT2D eigenvalue weighted by atomic mass is 32.1. The standard InChI is InChI=1S/C78H46N2S/c1-2-24-56-52(21-1)71(46-67-74(56)58-25-5-11-30-62(58)77(67)60-28-9-3-19-50(60)51-20-4-10-29-61(51)77)79(49-42-39-47(40-43-49)48-41-44-55-54-23-8-16-38-72(54)81-73(55)45-48)70-37-18-33-65-75(70)59-26-6-12-31-63(59)78(65)64-32-13-15-36-69(64)80-68-35-14-7-22-53(68)57-27-17-34-66(78)76(57)80/h1-46H. The van der Waals surface area contributed by atoms with E-state index in [1.54, 1.807) is 0 Å². The Bertz CT molecular complexity index is 5220. The second-order valence-corrected chi connectivity index (χ2v) is 23.6. The topological polar surface area (TPSA) is 8.17 Å². The van der Waals surface area contributed by atoms with Gasteiger partial charge in [-0.1, -0.05) is 231 Å². The number of anilines is 3. The van der Waals surface area contributed by atoms with Gasteiger partial charge in [-0.15, -0.1) is 11.3 Å². The molecule has 3 heterocycles. The Hall–Kier alpha value is -10.1. The van der Waals surface area contributed by atoms with Gasteiger partial charge in [-0.05, 0) is 137 Å². The molecule has 2 aromatic heterocycles. The van der Waals surface area contributed by atoms with Crippen LogP contribution in [0.3, 0.4) is 0 Å². The van der Waals surface area contributed by atoms with Gasteiger partial charge in [0.1, 0.15) is 0 Å². The second kappa shape index (κ2) is 15.8. The maximum absolute atomic E-state index is 2.63. The van der Waals surface area contributed by atoms with Crippen LogP contribution in [0.2, 0.25) is 0 Å². The summed E-state index contributed by atoms with van der Waals surface area (Å²) in [5.74, 6) is 0. The monoisotopic (exact) mass is 1040 g/mol. The summed E-state index contributed by atoms with van der Waals surface area (Å²) in [5, 5.41) is 7.64. The molecule has 3 heteroatoms. The first-order valence-corrected chi connectivity index (χ1v) is 29.1. The van der Waals surface area contributed by atoms with Gasteiger partial charge in [-0.25, -0.2) is 0 Å². The highest BCUT2D eigenvalue weighted by Crippen LogP contribution is 2.67. The average molecular weight is 1040 g/mol. The van der Waals surface area contributed by atoms with Crippen molar-refractivity contribution in [1.29, 1.82) is 0 Å².